The van der Waals surface area contributed by atoms with E-state index in [9.17, 15) is 13.6 Å². The highest BCUT2D eigenvalue weighted by molar-refractivity contribution is 7.22. The molecule has 1 N–H and O–H groups in total. The Morgan fingerprint density at radius 3 is 2.89 bits per heavy atom. The lowest BCUT2D eigenvalue weighted by Gasteiger charge is -2.04. The fourth-order valence-corrected chi connectivity index (χ4v) is 3.38. The van der Waals surface area contributed by atoms with Crippen molar-refractivity contribution >= 4 is 38.3 Å². The SMILES string of the molecule is CC(=NOCC(=O)Nc1nc2cc(F)c(F)cc2s1)c1ccc2c(c1)OCO2. The number of nitrogens with one attached hydrogen (secondary N) is 1. The number of benzene rings is 2. The minimum absolute atomic E-state index is 0.177. The van der Waals surface area contributed by atoms with Crippen molar-refractivity contribution in [1.29, 1.82) is 0 Å². The Bertz CT molecular complexity index is 1060. The lowest BCUT2D eigenvalue weighted by Crippen LogP contribution is -2.17. The molecule has 0 atom stereocenters. The number of anilines is 1. The molecule has 1 aliphatic rings. The highest BCUT2D eigenvalue weighted by atomic mass is 32.1. The number of aromatic nitrogens is 1. The van der Waals surface area contributed by atoms with E-state index < -0.39 is 17.5 Å². The number of halogens is 2. The zero-order valence-corrected chi connectivity index (χ0v) is 15.3. The van der Waals surface area contributed by atoms with Crippen LogP contribution in [0.1, 0.15) is 12.5 Å². The van der Waals surface area contributed by atoms with Crippen LogP contribution in [0.2, 0.25) is 0 Å². The number of nitrogens with zero attached hydrogens (tertiary/aromatic N) is 2. The molecule has 144 valence electrons. The summed E-state index contributed by atoms with van der Waals surface area (Å²) < 4.78 is 37.4. The van der Waals surface area contributed by atoms with Gasteiger partial charge in [-0.25, -0.2) is 13.8 Å². The average molecular weight is 405 g/mol. The van der Waals surface area contributed by atoms with Crippen molar-refractivity contribution in [2.75, 3.05) is 18.7 Å². The van der Waals surface area contributed by atoms with E-state index in [2.05, 4.69) is 15.5 Å². The molecule has 0 fully saturated rings. The van der Waals surface area contributed by atoms with Gasteiger partial charge in [0.25, 0.3) is 5.91 Å². The minimum atomic E-state index is -0.993. The van der Waals surface area contributed by atoms with Crippen LogP contribution < -0.4 is 14.8 Å². The van der Waals surface area contributed by atoms with Crippen LogP contribution in [0.4, 0.5) is 13.9 Å². The average Bonchev–Trinajstić information content (AvgIpc) is 3.27. The van der Waals surface area contributed by atoms with Gasteiger partial charge in [0.1, 0.15) is 0 Å². The number of oxime groups is 1. The summed E-state index contributed by atoms with van der Waals surface area (Å²) in [6, 6.07) is 7.35. The molecule has 2 aromatic carbocycles. The van der Waals surface area contributed by atoms with E-state index in [-0.39, 0.29) is 24.0 Å². The predicted molar refractivity (Wildman–Crippen MR) is 98.9 cm³/mol. The maximum Gasteiger partial charge on any atom is 0.266 e. The van der Waals surface area contributed by atoms with Crippen LogP contribution in [-0.2, 0) is 9.63 Å². The number of ether oxygens (including phenoxy) is 2. The van der Waals surface area contributed by atoms with Crippen molar-refractivity contribution in [3.05, 3.63) is 47.5 Å². The van der Waals surface area contributed by atoms with Gasteiger partial charge in [0.2, 0.25) is 6.79 Å². The molecule has 0 saturated heterocycles. The van der Waals surface area contributed by atoms with Gasteiger partial charge >= 0.3 is 0 Å². The maximum absolute atomic E-state index is 13.2. The third kappa shape index (κ3) is 3.72. The fourth-order valence-electron chi connectivity index (χ4n) is 2.49. The Kier molecular flexibility index (Phi) is 4.78. The van der Waals surface area contributed by atoms with Crippen LogP contribution in [0, 0.1) is 11.6 Å². The summed E-state index contributed by atoms with van der Waals surface area (Å²) in [5.41, 5.74) is 1.58. The Morgan fingerprint density at radius 1 is 1.25 bits per heavy atom. The Morgan fingerprint density at radius 2 is 2.04 bits per heavy atom. The van der Waals surface area contributed by atoms with E-state index in [1.54, 1.807) is 25.1 Å². The molecular formula is C18H13F2N3O4S. The van der Waals surface area contributed by atoms with E-state index in [0.29, 0.717) is 21.9 Å². The summed E-state index contributed by atoms with van der Waals surface area (Å²) in [7, 11) is 0. The topological polar surface area (TPSA) is 82.0 Å². The normalized spacial score (nSPS) is 13.0. The standard InChI is InChI=1S/C18H13F2N3O4S/c1-9(10-2-3-14-15(4-10)26-8-25-14)23-27-7-17(24)22-18-21-13-5-11(19)12(20)6-16(13)28-18/h2-6H,7-8H2,1H3,(H,21,22,24). The lowest BCUT2D eigenvalue weighted by atomic mass is 10.1. The number of hydrogen-bond donors (Lipinski definition) is 1. The number of rotatable bonds is 5. The zero-order valence-electron chi connectivity index (χ0n) is 14.5. The van der Waals surface area contributed by atoms with Crippen LogP contribution in [0.3, 0.4) is 0 Å². The Balaban J connectivity index is 1.36. The monoisotopic (exact) mass is 405 g/mol. The molecule has 28 heavy (non-hydrogen) atoms. The van der Waals surface area contributed by atoms with Crippen LogP contribution in [0.5, 0.6) is 11.5 Å². The number of carbonyl (C=O) groups is 1. The van der Waals surface area contributed by atoms with Crippen molar-refractivity contribution in [2.45, 2.75) is 6.92 Å². The summed E-state index contributed by atoms with van der Waals surface area (Å²) in [5.74, 6) is -1.18. The van der Waals surface area contributed by atoms with Gasteiger partial charge in [-0.1, -0.05) is 16.5 Å². The summed E-state index contributed by atoms with van der Waals surface area (Å²) in [6.07, 6.45) is 0. The van der Waals surface area contributed by atoms with Crippen molar-refractivity contribution in [3.63, 3.8) is 0 Å². The predicted octanol–water partition coefficient (Wildman–Crippen LogP) is 3.68. The second kappa shape index (κ2) is 7.39. The van der Waals surface area contributed by atoms with Gasteiger partial charge in [-0.2, -0.15) is 0 Å². The highest BCUT2D eigenvalue weighted by Gasteiger charge is 2.15. The van der Waals surface area contributed by atoms with Gasteiger partial charge < -0.3 is 14.3 Å². The molecule has 0 radical (unpaired) electrons. The van der Waals surface area contributed by atoms with Gasteiger partial charge in [0.15, 0.2) is 34.9 Å². The number of hydrogen-bond acceptors (Lipinski definition) is 7. The van der Waals surface area contributed by atoms with Crippen molar-refractivity contribution < 1.29 is 27.9 Å². The second-order valence-corrected chi connectivity index (χ2v) is 6.85. The third-order valence-corrected chi connectivity index (χ3v) is 4.80. The van der Waals surface area contributed by atoms with Crippen LogP contribution in [0.15, 0.2) is 35.5 Å². The molecule has 7 nitrogen and oxygen atoms in total. The van der Waals surface area contributed by atoms with E-state index in [1.807, 2.05) is 0 Å². The molecule has 2 heterocycles. The first-order valence-corrected chi connectivity index (χ1v) is 8.93. The molecule has 3 aromatic rings. The van der Waals surface area contributed by atoms with Crippen molar-refractivity contribution in [1.82, 2.24) is 4.98 Å². The number of amides is 1. The molecule has 4 rings (SSSR count). The molecule has 0 aliphatic carbocycles. The van der Waals surface area contributed by atoms with Gasteiger partial charge in [-0.05, 0) is 31.2 Å². The Labute approximate surface area is 161 Å². The molecule has 1 aromatic heterocycles. The number of carbonyl (C=O) groups excluding carboxylic acids is 1. The minimum Gasteiger partial charge on any atom is -0.454 e. The summed E-state index contributed by atoms with van der Waals surface area (Å²) in [4.78, 5) is 21.1. The quantitative estimate of drug-likeness (QED) is 0.517. The second-order valence-electron chi connectivity index (χ2n) is 5.82. The first-order valence-electron chi connectivity index (χ1n) is 8.11. The van der Waals surface area contributed by atoms with Gasteiger partial charge in [-0.3, -0.25) is 10.1 Å². The molecule has 0 spiro atoms. The smallest absolute Gasteiger partial charge is 0.266 e. The van der Waals surface area contributed by atoms with Gasteiger partial charge in [0.05, 0.1) is 15.9 Å². The molecule has 1 aliphatic heterocycles. The fraction of sp³-hybridized carbons (Fsp3) is 0.167. The molecular weight excluding hydrogens is 392 g/mol. The summed E-state index contributed by atoms with van der Waals surface area (Å²) in [5, 5.41) is 6.63. The maximum atomic E-state index is 13.2. The molecule has 1 amide bonds. The number of fused-ring (bicyclic) bond motifs is 2. The zero-order chi connectivity index (χ0) is 19.7. The largest absolute Gasteiger partial charge is 0.454 e. The molecule has 0 saturated carbocycles. The van der Waals surface area contributed by atoms with E-state index in [4.69, 9.17) is 14.3 Å². The summed E-state index contributed by atoms with van der Waals surface area (Å²) >= 11 is 1.03. The molecule has 10 heteroatoms. The third-order valence-electron chi connectivity index (χ3n) is 3.86. The van der Waals surface area contributed by atoms with Crippen LogP contribution in [0.25, 0.3) is 10.2 Å². The molecule has 0 bridgehead atoms. The highest BCUT2D eigenvalue weighted by Crippen LogP contribution is 2.32. The first kappa shape index (κ1) is 18.1. The first-order chi connectivity index (χ1) is 13.5. The van der Waals surface area contributed by atoms with E-state index in [1.165, 1.54) is 0 Å². The van der Waals surface area contributed by atoms with Crippen molar-refractivity contribution in [2.24, 2.45) is 5.16 Å². The Hall–Kier alpha value is -3.27. The lowest BCUT2D eigenvalue weighted by molar-refractivity contribution is -0.120. The van der Waals surface area contributed by atoms with Crippen LogP contribution >= 0.6 is 11.3 Å². The van der Waals surface area contributed by atoms with Gasteiger partial charge in [0, 0.05) is 11.6 Å². The van der Waals surface area contributed by atoms with E-state index in [0.717, 1.165) is 29.0 Å². The van der Waals surface area contributed by atoms with Crippen LogP contribution in [-0.4, -0.2) is 30.0 Å². The molecule has 0 unspecified atom stereocenters. The van der Waals surface area contributed by atoms with Crippen molar-refractivity contribution in [3.8, 4) is 11.5 Å². The summed E-state index contributed by atoms with van der Waals surface area (Å²) in [6.45, 7) is 1.56. The number of thiazole rings is 1. The van der Waals surface area contributed by atoms with Gasteiger partial charge in [-0.15, -0.1) is 0 Å². The van der Waals surface area contributed by atoms with E-state index >= 15 is 0 Å².